The van der Waals surface area contributed by atoms with Crippen molar-refractivity contribution in [3.63, 3.8) is 0 Å². The van der Waals surface area contributed by atoms with Crippen molar-refractivity contribution in [2.24, 2.45) is 11.8 Å². The van der Waals surface area contributed by atoms with Crippen LogP contribution in [0.4, 0.5) is 9.15 Å². The van der Waals surface area contributed by atoms with E-state index < -0.39 is 126 Å². The molecule has 0 amide bonds. The molecule has 0 radical (unpaired) electrons. The molecule has 9 unspecified atom stereocenters. The van der Waals surface area contributed by atoms with E-state index in [4.69, 9.17) is 37.4 Å². The Morgan fingerprint density at radius 2 is 1.18 bits per heavy atom. The number of aliphatic hydroxyl groups excluding tert-OH is 6. The van der Waals surface area contributed by atoms with Crippen LogP contribution < -0.4 is 0 Å². The normalized spacial score (nSPS) is 41.6. The topological polar surface area (TPSA) is 295 Å². The molecule has 3 heterocycles. The zero-order chi connectivity index (χ0) is 32.9. The molecule has 0 aromatic rings. The van der Waals surface area contributed by atoms with Crippen molar-refractivity contribution in [1.82, 2.24) is 0 Å². The van der Waals surface area contributed by atoms with Crippen LogP contribution in [0.5, 0.6) is 0 Å². The molecule has 19 nitrogen and oxygen atoms in total. The predicted octanol–water partition coefficient (Wildman–Crippen LogP) is -3.21. The molecule has 44 heavy (non-hydrogen) atoms. The molecule has 3 rings (SSSR count). The lowest BCUT2D eigenvalue weighted by atomic mass is 9.89. The summed E-state index contributed by atoms with van der Waals surface area (Å²) in [4.78, 5) is 0. The van der Waals surface area contributed by atoms with Gasteiger partial charge in [0.1, 0.15) is 36.6 Å². The lowest BCUT2D eigenvalue weighted by Crippen LogP contribution is -2.61. The van der Waals surface area contributed by atoms with E-state index in [1.165, 1.54) is 13.8 Å². The van der Waals surface area contributed by atoms with Crippen LogP contribution >= 0.6 is 0 Å². The molecule has 0 spiro atoms. The molecule has 3 aliphatic rings. The van der Waals surface area contributed by atoms with Gasteiger partial charge in [0.25, 0.3) is 0 Å². The van der Waals surface area contributed by atoms with Crippen LogP contribution in [0, 0.1) is 11.8 Å². The van der Waals surface area contributed by atoms with Crippen molar-refractivity contribution in [3.8, 4) is 0 Å². The highest BCUT2D eigenvalue weighted by molar-refractivity contribution is 7.81. The molecule has 3 aliphatic heterocycles. The Bertz CT molecular complexity index is 1070. The summed E-state index contributed by atoms with van der Waals surface area (Å²) in [6.45, 7) is 0.860. The molecule has 23 heteroatoms. The van der Waals surface area contributed by atoms with Gasteiger partial charge >= 0.3 is 20.8 Å². The average molecular weight is 699 g/mol. The average Bonchev–Trinajstić information content (AvgIpc) is 2.91. The minimum Gasteiger partial charge on any atom is -0.394 e. The summed E-state index contributed by atoms with van der Waals surface area (Å²) < 4.78 is 116. The molecule has 0 saturated carbocycles. The summed E-state index contributed by atoms with van der Waals surface area (Å²) in [5.41, 5.74) is 0. The largest absolute Gasteiger partial charge is 0.397 e. The van der Waals surface area contributed by atoms with Crippen molar-refractivity contribution in [2.45, 2.75) is 94.9 Å². The molecule has 8 N–H and O–H groups in total. The second kappa shape index (κ2) is 17.4. The fourth-order valence-corrected chi connectivity index (χ4v) is 5.87. The lowest BCUT2D eigenvalue weighted by molar-refractivity contribution is -0.314. The SMILES string of the molecule is C.CC1O[C@@H](OC[C@@H]2C(C)O[C@@H](OCC3C(O)COC(CO)[C@@H]3O)C(O)C2OS(=O)(=O)O)C(O)C(OS(=O)(=O)O)[C@@H]1O.FF. The molecular weight excluding hydrogens is 658 g/mol. The van der Waals surface area contributed by atoms with Crippen LogP contribution in [0.2, 0.25) is 0 Å². The van der Waals surface area contributed by atoms with E-state index in [2.05, 4.69) is 8.37 Å². The van der Waals surface area contributed by atoms with Crippen LogP contribution in [-0.2, 0) is 52.8 Å². The fraction of sp³-hybridized carbons (Fsp3) is 1.00. The summed E-state index contributed by atoms with van der Waals surface area (Å²) >= 11 is 0. The lowest BCUT2D eigenvalue weighted by Gasteiger charge is -2.45. The fourth-order valence-electron chi connectivity index (χ4n) is 4.82. The van der Waals surface area contributed by atoms with E-state index in [0.29, 0.717) is 0 Å². The van der Waals surface area contributed by atoms with Crippen LogP contribution in [-0.4, -0.2) is 157 Å². The summed E-state index contributed by atoms with van der Waals surface area (Å²) in [5, 5.41) is 61.2. The van der Waals surface area contributed by atoms with Gasteiger partial charge in [-0.2, -0.15) is 16.8 Å². The molecule has 0 aromatic carbocycles. The number of hydrogen-bond acceptors (Lipinski definition) is 17. The summed E-state index contributed by atoms with van der Waals surface area (Å²) in [6.07, 6.45) is -18.4. The molecule has 0 aliphatic carbocycles. The van der Waals surface area contributed by atoms with E-state index in [1.807, 2.05) is 0 Å². The number of ether oxygens (including phenoxy) is 5. The van der Waals surface area contributed by atoms with Crippen molar-refractivity contribution >= 4 is 20.8 Å². The maximum atomic E-state index is 11.6. The zero-order valence-corrected chi connectivity index (χ0v) is 24.2. The smallest absolute Gasteiger partial charge is 0.394 e. The summed E-state index contributed by atoms with van der Waals surface area (Å²) in [6, 6.07) is 0. The van der Waals surface area contributed by atoms with Gasteiger partial charge in [0.2, 0.25) is 0 Å². The number of rotatable bonds is 11. The Labute approximate surface area is 251 Å². The minimum absolute atomic E-state index is 0. The standard InChI is InChI=1S/C20H36O19S2.CH4.F2/c1-7-9(4-34-20-16(26)18(39-41(30,31)32)13(23)8(2)37-20)17(38-40(27,28)29)15(25)19(36-7)35-5-10-11(22)6-33-12(3-21)14(10)24;;1-2/h7-26H,3-6H2,1-2H3,(H,27,28,29)(H,30,31,32);1H4;/t7?,8?,9-,10?,11?,12?,13-,14-,15?,16?,17?,18?,19-,20-;;/m1../s1. The van der Waals surface area contributed by atoms with Crippen molar-refractivity contribution in [1.29, 1.82) is 0 Å². The van der Waals surface area contributed by atoms with E-state index in [-0.39, 0.29) is 14.0 Å². The van der Waals surface area contributed by atoms with Crippen LogP contribution in [0.1, 0.15) is 21.3 Å². The number of hydrogen-bond donors (Lipinski definition) is 8. The highest BCUT2D eigenvalue weighted by Gasteiger charge is 2.50. The maximum absolute atomic E-state index is 11.6. The van der Waals surface area contributed by atoms with E-state index in [0.717, 1.165) is 0 Å². The second-order valence-corrected chi connectivity index (χ2v) is 12.1. The Kier molecular flexibility index (Phi) is 16.2. The van der Waals surface area contributed by atoms with Gasteiger partial charge in [0, 0.05) is 21.0 Å². The highest BCUT2D eigenvalue weighted by atomic mass is 32.3. The molecule has 3 saturated heterocycles. The van der Waals surface area contributed by atoms with E-state index in [1.54, 1.807) is 0 Å². The molecular formula is C21H40F2O19S2. The maximum Gasteiger partial charge on any atom is 0.397 e. The quantitative estimate of drug-likeness (QED) is 0.0985. The molecule has 264 valence electrons. The number of halogens is 2. The van der Waals surface area contributed by atoms with Gasteiger partial charge in [-0.15, -0.1) is 0 Å². The van der Waals surface area contributed by atoms with Gasteiger partial charge in [0.05, 0.1) is 50.8 Å². The van der Waals surface area contributed by atoms with Gasteiger partial charge in [-0.3, -0.25) is 9.11 Å². The van der Waals surface area contributed by atoms with Gasteiger partial charge in [-0.05, 0) is 13.8 Å². The minimum atomic E-state index is -5.18. The van der Waals surface area contributed by atoms with Crippen molar-refractivity contribution in [2.75, 3.05) is 26.4 Å². The van der Waals surface area contributed by atoms with Gasteiger partial charge in [-0.25, -0.2) is 8.37 Å². The molecule has 0 aromatic heterocycles. The first kappa shape index (κ1) is 41.2. The first-order valence-corrected chi connectivity index (χ1v) is 15.3. The van der Waals surface area contributed by atoms with E-state index >= 15 is 0 Å². The first-order chi connectivity index (χ1) is 19.9. The third kappa shape index (κ3) is 10.9. The Balaban J connectivity index is 0.00000316. The summed E-state index contributed by atoms with van der Waals surface area (Å²) in [5.74, 6) is -2.21. The molecule has 0 bridgehead atoms. The van der Waals surface area contributed by atoms with Crippen molar-refractivity contribution < 1.29 is 97.8 Å². The van der Waals surface area contributed by atoms with Crippen LogP contribution in [0.3, 0.4) is 0 Å². The second-order valence-electron chi connectivity index (χ2n) is 9.97. The number of aliphatic hydroxyl groups is 6. The first-order valence-electron chi connectivity index (χ1n) is 12.6. The molecule has 3 fully saturated rings. The summed E-state index contributed by atoms with van der Waals surface area (Å²) in [7, 11) is -10.3. The Morgan fingerprint density at radius 3 is 1.68 bits per heavy atom. The van der Waals surface area contributed by atoms with Crippen LogP contribution in [0.25, 0.3) is 0 Å². The third-order valence-corrected chi connectivity index (χ3v) is 8.05. The Hall–Kier alpha value is -0.840. The highest BCUT2D eigenvalue weighted by Crippen LogP contribution is 2.33. The van der Waals surface area contributed by atoms with E-state index in [9.17, 15) is 52.0 Å². The monoisotopic (exact) mass is 698 g/mol. The van der Waals surface area contributed by atoms with Crippen molar-refractivity contribution in [3.05, 3.63) is 0 Å². The molecule has 14 atom stereocenters. The van der Waals surface area contributed by atoms with Crippen LogP contribution in [0.15, 0.2) is 0 Å². The van der Waals surface area contributed by atoms with Gasteiger partial charge < -0.3 is 54.3 Å². The predicted molar refractivity (Wildman–Crippen MR) is 136 cm³/mol. The third-order valence-electron chi connectivity index (χ3n) is 7.12. The zero-order valence-electron chi connectivity index (χ0n) is 22.6. The Morgan fingerprint density at radius 1 is 0.727 bits per heavy atom. The van der Waals surface area contributed by atoms with Gasteiger partial charge in [-0.1, -0.05) is 7.43 Å². The van der Waals surface area contributed by atoms with Gasteiger partial charge in [0.15, 0.2) is 12.6 Å².